The minimum atomic E-state index is -0.724. The summed E-state index contributed by atoms with van der Waals surface area (Å²) in [6, 6.07) is 13.3. The van der Waals surface area contributed by atoms with Crippen molar-refractivity contribution < 1.29 is 18.3 Å². The summed E-state index contributed by atoms with van der Waals surface area (Å²) in [7, 11) is 1.87. The Labute approximate surface area is 154 Å². The zero-order chi connectivity index (χ0) is 19.0. The molecule has 2 aromatic carbocycles. The van der Waals surface area contributed by atoms with Crippen molar-refractivity contribution in [3.05, 3.63) is 72.0 Å². The van der Waals surface area contributed by atoms with Crippen LogP contribution in [0.3, 0.4) is 0 Å². The van der Waals surface area contributed by atoms with Gasteiger partial charge in [-0.3, -0.25) is 0 Å². The number of carbonyl (C=O) groups excluding carboxylic acids is 1. The highest BCUT2D eigenvalue weighted by molar-refractivity contribution is 6.04. The second kappa shape index (κ2) is 6.68. The molecule has 0 aliphatic heterocycles. The van der Waals surface area contributed by atoms with E-state index >= 15 is 0 Å². The van der Waals surface area contributed by atoms with Gasteiger partial charge >= 0.3 is 5.97 Å². The first-order chi connectivity index (χ1) is 13.0. The molecule has 0 fully saturated rings. The summed E-state index contributed by atoms with van der Waals surface area (Å²) < 4.78 is 26.0. The molecule has 0 N–H and O–H groups in total. The number of aromatic nitrogens is 3. The number of hydrogen-bond acceptors (Lipinski definition) is 5. The number of hydrogen-bond donors (Lipinski definition) is 0. The Morgan fingerprint density at radius 2 is 1.89 bits per heavy atom. The number of benzene rings is 2. The Bertz CT molecular complexity index is 1120. The van der Waals surface area contributed by atoms with Crippen LogP contribution in [0.25, 0.3) is 22.4 Å². The highest BCUT2D eigenvalue weighted by Gasteiger charge is 2.22. The van der Waals surface area contributed by atoms with Gasteiger partial charge < -0.3 is 13.7 Å². The van der Waals surface area contributed by atoms with Crippen LogP contribution in [0.1, 0.15) is 29.3 Å². The van der Waals surface area contributed by atoms with Crippen molar-refractivity contribution >= 4 is 16.9 Å². The molecule has 0 bridgehead atoms. The highest BCUT2D eigenvalue weighted by atomic mass is 19.1. The van der Waals surface area contributed by atoms with Crippen molar-refractivity contribution in [1.29, 1.82) is 0 Å². The molecule has 7 heteroatoms. The molecule has 0 spiro atoms. The number of nitrogens with zero attached hydrogens (tertiary/aromatic N) is 3. The first kappa shape index (κ1) is 17.0. The largest absolute Gasteiger partial charge is 0.449 e. The fourth-order valence-electron chi connectivity index (χ4n) is 2.89. The topological polar surface area (TPSA) is 70.2 Å². The van der Waals surface area contributed by atoms with E-state index in [2.05, 4.69) is 10.2 Å². The Hall–Kier alpha value is -3.48. The van der Waals surface area contributed by atoms with E-state index in [4.69, 9.17) is 9.15 Å². The molecule has 0 amide bonds. The van der Waals surface area contributed by atoms with Gasteiger partial charge in [-0.25, -0.2) is 9.18 Å². The lowest BCUT2D eigenvalue weighted by Crippen LogP contribution is -2.09. The summed E-state index contributed by atoms with van der Waals surface area (Å²) in [5.41, 5.74) is 1.99. The van der Waals surface area contributed by atoms with Gasteiger partial charge in [0.15, 0.2) is 6.10 Å². The van der Waals surface area contributed by atoms with Crippen LogP contribution in [0, 0.1) is 5.82 Å². The molecule has 6 nitrogen and oxygen atoms in total. The van der Waals surface area contributed by atoms with Gasteiger partial charge in [-0.05, 0) is 37.3 Å². The standard InChI is InChI=1S/C20H16FN3O3/c1-12(18-22-23-19(27-18)13-7-9-14(21)10-8-13)26-20(25)16-11-24(2)17-6-4-3-5-15(16)17/h3-12H,1-2H3/t12-/m0/s1. The summed E-state index contributed by atoms with van der Waals surface area (Å²) >= 11 is 0. The summed E-state index contributed by atoms with van der Waals surface area (Å²) in [6.45, 7) is 1.66. The van der Waals surface area contributed by atoms with Gasteiger partial charge in [0, 0.05) is 29.7 Å². The van der Waals surface area contributed by atoms with E-state index < -0.39 is 12.1 Å². The van der Waals surface area contributed by atoms with Gasteiger partial charge in [-0.15, -0.1) is 10.2 Å². The molecule has 0 radical (unpaired) electrons. The van der Waals surface area contributed by atoms with Crippen LogP contribution in [0.15, 0.2) is 59.1 Å². The van der Waals surface area contributed by atoms with Crippen LogP contribution in [0.2, 0.25) is 0 Å². The Morgan fingerprint density at radius 3 is 2.67 bits per heavy atom. The van der Waals surface area contributed by atoms with Gasteiger partial charge in [-0.2, -0.15) is 0 Å². The maximum Gasteiger partial charge on any atom is 0.341 e. The third-order valence-corrected chi connectivity index (χ3v) is 4.28. The highest BCUT2D eigenvalue weighted by Crippen LogP contribution is 2.26. The van der Waals surface area contributed by atoms with Crippen molar-refractivity contribution in [3.63, 3.8) is 0 Å². The van der Waals surface area contributed by atoms with E-state index in [0.717, 1.165) is 10.9 Å². The summed E-state index contributed by atoms with van der Waals surface area (Å²) in [5, 5.41) is 8.69. The fraction of sp³-hybridized carbons (Fsp3) is 0.150. The maximum atomic E-state index is 13.0. The monoisotopic (exact) mass is 365 g/mol. The number of aryl methyl sites for hydroxylation is 1. The normalized spacial score (nSPS) is 12.3. The zero-order valence-corrected chi connectivity index (χ0v) is 14.7. The Kier molecular flexibility index (Phi) is 4.19. The molecule has 4 aromatic rings. The molecular weight excluding hydrogens is 349 g/mol. The summed E-state index contributed by atoms with van der Waals surface area (Å²) in [6.07, 6.45) is 1.01. The van der Waals surface area contributed by atoms with E-state index in [0.29, 0.717) is 11.1 Å². The quantitative estimate of drug-likeness (QED) is 0.505. The SMILES string of the molecule is C[C@H](OC(=O)c1cn(C)c2ccccc12)c1nnc(-c2ccc(F)cc2)o1. The van der Waals surface area contributed by atoms with Gasteiger partial charge in [-0.1, -0.05) is 18.2 Å². The van der Waals surface area contributed by atoms with E-state index in [1.807, 2.05) is 35.9 Å². The van der Waals surface area contributed by atoms with Crippen LogP contribution < -0.4 is 0 Å². The average molecular weight is 365 g/mol. The molecule has 2 aromatic heterocycles. The molecule has 0 aliphatic carbocycles. The van der Waals surface area contributed by atoms with Crippen molar-refractivity contribution in [2.24, 2.45) is 7.05 Å². The third kappa shape index (κ3) is 3.19. The minimum absolute atomic E-state index is 0.169. The molecule has 27 heavy (non-hydrogen) atoms. The number of rotatable bonds is 4. The smallest absolute Gasteiger partial charge is 0.341 e. The van der Waals surface area contributed by atoms with E-state index in [-0.39, 0.29) is 17.6 Å². The lowest BCUT2D eigenvalue weighted by molar-refractivity contribution is 0.0282. The van der Waals surface area contributed by atoms with Gasteiger partial charge in [0.1, 0.15) is 5.82 Å². The van der Waals surface area contributed by atoms with Crippen molar-refractivity contribution in [3.8, 4) is 11.5 Å². The molecule has 1 atom stereocenters. The van der Waals surface area contributed by atoms with Crippen molar-refractivity contribution in [2.75, 3.05) is 0 Å². The van der Waals surface area contributed by atoms with E-state index in [9.17, 15) is 9.18 Å². The lowest BCUT2D eigenvalue weighted by atomic mass is 10.2. The first-order valence-electron chi connectivity index (χ1n) is 8.37. The Morgan fingerprint density at radius 1 is 1.15 bits per heavy atom. The molecule has 0 aliphatic rings. The predicted octanol–water partition coefficient (Wildman–Crippen LogP) is 4.29. The number of esters is 1. The number of halogens is 1. The predicted molar refractivity (Wildman–Crippen MR) is 96.4 cm³/mol. The second-order valence-corrected chi connectivity index (χ2v) is 6.17. The van der Waals surface area contributed by atoms with Crippen molar-refractivity contribution in [1.82, 2.24) is 14.8 Å². The molecule has 0 saturated heterocycles. The van der Waals surface area contributed by atoms with Gasteiger partial charge in [0.2, 0.25) is 5.89 Å². The number of carbonyl (C=O) groups is 1. The van der Waals surface area contributed by atoms with Crippen LogP contribution in [-0.2, 0) is 11.8 Å². The second-order valence-electron chi connectivity index (χ2n) is 6.17. The van der Waals surface area contributed by atoms with Crippen LogP contribution in [-0.4, -0.2) is 20.7 Å². The van der Waals surface area contributed by atoms with Crippen LogP contribution in [0.5, 0.6) is 0 Å². The zero-order valence-electron chi connectivity index (χ0n) is 14.7. The number of fused-ring (bicyclic) bond motifs is 1. The number of ether oxygens (including phenoxy) is 1. The number of para-hydroxylation sites is 1. The molecule has 2 heterocycles. The third-order valence-electron chi connectivity index (χ3n) is 4.28. The maximum absolute atomic E-state index is 13.0. The average Bonchev–Trinajstić information content (AvgIpc) is 3.28. The van der Waals surface area contributed by atoms with Crippen LogP contribution in [0.4, 0.5) is 4.39 Å². The molecule has 4 rings (SSSR count). The molecule has 0 unspecified atom stereocenters. The van der Waals surface area contributed by atoms with Crippen LogP contribution >= 0.6 is 0 Å². The molecule has 0 saturated carbocycles. The first-order valence-corrected chi connectivity index (χ1v) is 8.37. The molecular formula is C20H16FN3O3. The van der Waals surface area contributed by atoms with E-state index in [1.165, 1.54) is 12.1 Å². The summed E-state index contributed by atoms with van der Waals surface area (Å²) in [5.74, 6) is -0.419. The summed E-state index contributed by atoms with van der Waals surface area (Å²) in [4.78, 5) is 12.6. The van der Waals surface area contributed by atoms with Gasteiger partial charge in [0.25, 0.3) is 5.89 Å². The van der Waals surface area contributed by atoms with Gasteiger partial charge in [0.05, 0.1) is 5.56 Å². The lowest BCUT2D eigenvalue weighted by Gasteiger charge is -2.08. The molecule has 136 valence electrons. The Balaban J connectivity index is 1.54. The fourth-order valence-corrected chi connectivity index (χ4v) is 2.89. The minimum Gasteiger partial charge on any atom is -0.449 e. The van der Waals surface area contributed by atoms with E-state index in [1.54, 1.807) is 25.3 Å². The van der Waals surface area contributed by atoms with Crippen molar-refractivity contribution in [2.45, 2.75) is 13.0 Å².